The van der Waals surface area contributed by atoms with Crippen LogP contribution >= 0.6 is 11.6 Å². The molecule has 0 bridgehead atoms. The van der Waals surface area contributed by atoms with Crippen LogP contribution in [0.4, 0.5) is 5.69 Å². The van der Waals surface area contributed by atoms with E-state index in [0.29, 0.717) is 23.6 Å². The Morgan fingerprint density at radius 3 is 2.63 bits per heavy atom. The summed E-state index contributed by atoms with van der Waals surface area (Å²) in [4.78, 5) is 0.121. The van der Waals surface area contributed by atoms with Gasteiger partial charge in [-0.05, 0) is 38.0 Å². The van der Waals surface area contributed by atoms with Crippen LogP contribution in [0.2, 0.25) is 5.02 Å². The zero-order chi connectivity index (χ0) is 14.6. The molecule has 19 heavy (non-hydrogen) atoms. The van der Waals surface area contributed by atoms with Crippen molar-refractivity contribution in [3.63, 3.8) is 0 Å². The van der Waals surface area contributed by atoms with E-state index in [1.165, 1.54) is 12.1 Å². The molecule has 7 heteroatoms. The summed E-state index contributed by atoms with van der Waals surface area (Å²) in [7, 11) is -2.02. The number of hydrogen-bond donors (Lipinski definition) is 2. The lowest BCUT2D eigenvalue weighted by Crippen LogP contribution is -2.33. The zero-order valence-electron chi connectivity index (χ0n) is 11.2. The first kappa shape index (κ1) is 16.2. The van der Waals surface area contributed by atoms with E-state index in [9.17, 15) is 8.42 Å². The minimum Gasteiger partial charge on any atom is -0.397 e. The van der Waals surface area contributed by atoms with Gasteiger partial charge in [-0.15, -0.1) is 0 Å². The Morgan fingerprint density at radius 1 is 1.47 bits per heavy atom. The number of benzene rings is 1. The standard InChI is InChI=1S/C12H19ClN2O3S/c1-8-6-10(7-11(14)12(8)13)19(16,17)15-9(2)4-5-18-3/h6-7,9,15H,4-5,14H2,1-3H3. The van der Waals surface area contributed by atoms with Gasteiger partial charge in [-0.3, -0.25) is 0 Å². The Labute approximate surface area is 119 Å². The van der Waals surface area contributed by atoms with E-state index < -0.39 is 10.0 Å². The molecule has 0 amide bonds. The number of hydrogen-bond acceptors (Lipinski definition) is 4. The first-order chi connectivity index (χ1) is 8.77. The lowest BCUT2D eigenvalue weighted by molar-refractivity contribution is 0.188. The predicted octanol–water partition coefficient (Wildman–Crippen LogP) is 1.93. The highest BCUT2D eigenvalue weighted by atomic mass is 35.5. The molecule has 0 aromatic heterocycles. The molecule has 0 radical (unpaired) electrons. The number of aryl methyl sites for hydroxylation is 1. The summed E-state index contributed by atoms with van der Waals surface area (Å²) in [6.45, 7) is 3.99. The lowest BCUT2D eigenvalue weighted by Gasteiger charge is -2.15. The van der Waals surface area contributed by atoms with Crippen LogP contribution in [-0.4, -0.2) is 28.2 Å². The molecule has 1 atom stereocenters. The Kier molecular flexibility index (Phi) is 5.61. The molecule has 0 aliphatic carbocycles. The van der Waals surface area contributed by atoms with E-state index in [0.717, 1.165) is 0 Å². The second kappa shape index (κ2) is 6.56. The third kappa shape index (κ3) is 4.35. The van der Waals surface area contributed by atoms with Crippen molar-refractivity contribution >= 4 is 27.3 Å². The third-order valence-corrected chi connectivity index (χ3v) is 4.76. The number of nitrogens with two attached hydrogens (primary N) is 1. The quantitative estimate of drug-likeness (QED) is 0.787. The van der Waals surface area contributed by atoms with Crippen molar-refractivity contribution in [3.8, 4) is 0 Å². The zero-order valence-corrected chi connectivity index (χ0v) is 12.8. The van der Waals surface area contributed by atoms with Crippen molar-refractivity contribution < 1.29 is 13.2 Å². The van der Waals surface area contributed by atoms with E-state index >= 15 is 0 Å². The number of anilines is 1. The average Bonchev–Trinajstić information content (AvgIpc) is 2.32. The largest absolute Gasteiger partial charge is 0.397 e. The monoisotopic (exact) mass is 306 g/mol. The van der Waals surface area contributed by atoms with Crippen LogP contribution in [-0.2, 0) is 14.8 Å². The van der Waals surface area contributed by atoms with Gasteiger partial charge in [-0.2, -0.15) is 0 Å². The maximum absolute atomic E-state index is 12.2. The first-order valence-electron chi connectivity index (χ1n) is 5.85. The maximum Gasteiger partial charge on any atom is 0.240 e. The van der Waals surface area contributed by atoms with Crippen molar-refractivity contribution in [2.24, 2.45) is 0 Å². The first-order valence-corrected chi connectivity index (χ1v) is 7.71. The number of halogens is 1. The second-order valence-corrected chi connectivity index (χ2v) is 6.54. The molecule has 0 aliphatic rings. The highest BCUT2D eigenvalue weighted by molar-refractivity contribution is 7.89. The molecule has 0 aliphatic heterocycles. The van der Waals surface area contributed by atoms with Gasteiger partial charge < -0.3 is 10.5 Å². The normalized spacial score (nSPS) is 13.5. The van der Waals surface area contributed by atoms with Gasteiger partial charge in [0.2, 0.25) is 10.0 Å². The van der Waals surface area contributed by atoms with Gasteiger partial charge in [0.25, 0.3) is 0 Å². The van der Waals surface area contributed by atoms with E-state index in [1.807, 2.05) is 0 Å². The Morgan fingerprint density at radius 2 is 2.11 bits per heavy atom. The van der Waals surface area contributed by atoms with Crippen LogP contribution in [0.25, 0.3) is 0 Å². The van der Waals surface area contributed by atoms with E-state index in [4.69, 9.17) is 22.1 Å². The molecule has 0 fully saturated rings. The average molecular weight is 307 g/mol. The van der Waals surface area contributed by atoms with Crippen molar-refractivity contribution in [2.75, 3.05) is 19.5 Å². The summed E-state index contributed by atoms with van der Waals surface area (Å²) in [5, 5.41) is 0.381. The molecule has 0 saturated heterocycles. The molecule has 0 saturated carbocycles. The number of methoxy groups -OCH3 is 1. The van der Waals surface area contributed by atoms with Crippen LogP contribution < -0.4 is 10.5 Å². The summed E-state index contributed by atoms with van der Waals surface area (Å²) in [5.41, 5.74) is 6.57. The molecule has 1 rings (SSSR count). The summed E-state index contributed by atoms with van der Waals surface area (Å²) in [5.74, 6) is 0. The van der Waals surface area contributed by atoms with Gasteiger partial charge >= 0.3 is 0 Å². The van der Waals surface area contributed by atoms with E-state index in [-0.39, 0.29) is 16.6 Å². The topological polar surface area (TPSA) is 81.4 Å². The highest BCUT2D eigenvalue weighted by Crippen LogP contribution is 2.26. The molecule has 108 valence electrons. The smallest absolute Gasteiger partial charge is 0.240 e. The molecular formula is C12H19ClN2O3S. The van der Waals surface area contributed by atoms with Gasteiger partial charge in [0.05, 0.1) is 15.6 Å². The van der Waals surface area contributed by atoms with Gasteiger partial charge in [0, 0.05) is 19.8 Å². The van der Waals surface area contributed by atoms with E-state index in [2.05, 4.69) is 4.72 Å². The third-order valence-electron chi connectivity index (χ3n) is 2.68. The maximum atomic E-state index is 12.2. The minimum atomic E-state index is -3.60. The molecule has 1 aromatic carbocycles. The molecule has 1 aromatic rings. The van der Waals surface area contributed by atoms with E-state index in [1.54, 1.807) is 21.0 Å². The van der Waals surface area contributed by atoms with Crippen molar-refractivity contribution in [1.29, 1.82) is 0 Å². The van der Waals surface area contributed by atoms with Crippen LogP contribution in [0, 0.1) is 6.92 Å². The van der Waals surface area contributed by atoms with Crippen LogP contribution in [0.5, 0.6) is 0 Å². The Hall–Kier alpha value is -0.820. The second-order valence-electron chi connectivity index (χ2n) is 4.45. The molecular weight excluding hydrogens is 288 g/mol. The lowest BCUT2D eigenvalue weighted by atomic mass is 10.2. The molecule has 0 spiro atoms. The summed E-state index contributed by atoms with van der Waals surface area (Å²) in [6.07, 6.45) is 0.595. The van der Waals surface area contributed by atoms with Crippen molar-refractivity contribution in [3.05, 3.63) is 22.7 Å². The summed E-state index contributed by atoms with van der Waals surface area (Å²) in [6, 6.07) is 2.65. The number of sulfonamides is 1. The fourth-order valence-corrected chi connectivity index (χ4v) is 3.11. The Bertz CT molecular complexity index is 523. The van der Waals surface area contributed by atoms with Gasteiger partial charge in [-0.1, -0.05) is 11.6 Å². The van der Waals surface area contributed by atoms with Crippen molar-refractivity contribution in [1.82, 2.24) is 4.72 Å². The van der Waals surface area contributed by atoms with Crippen molar-refractivity contribution in [2.45, 2.75) is 31.2 Å². The Balaban J connectivity index is 2.95. The van der Waals surface area contributed by atoms with Gasteiger partial charge in [0.1, 0.15) is 0 Å². The molecule has 1 unspecified atom stereocenters. The number of rotatable bonds is 6. The summed E-state index contributed by atoms with van der Waals surface area (Å²) < 4.78 is 31.8. The molecule has 3 N–H and O–H groups in total. The van der Waals surface area contributed by atoms with Crippen LogP contribution in [0.15, 0.2) is 17.0 Å². The van der Waals surface area contributed by atoms with Crippen LogP contribution in [0.3, 0.4) is 0 Å². The highest BCUT2D eigenvalue weighted by Gasteiger charge is 2.19. The molecule has 5 nitrogen and oxygen atoms in total. The fraction of sp³-hybridized carbons (Fsp3) is 0.500. The van der Waals surface area contributed by atoms with Crippen LogP contribution in [0.1, 0.15) is 18.9 Å². The SMILES string of the molecule is COCCC(C)NS(=O)(=O)c1cc(C)c(Cl)c(N)c1. The van der Waals surface area contributed by atoms with Gasteiger partial charge in [0.15, 0.2) is 0 Å². The minimum absolute atomic E-state index is 0.121. The predicted molar refractivity (Wildman–Crippen MR) is 76.9 cm³/mol. The fourth-order valence-electron chi connectivity index (χ4n) is 1.60. The molecule has 0 heterocycles. The van der Waals surface area contributed by atoms with Gasteiger partial charge in [-0.25, -0.2) is 13.1 Å². The number of ether oxygens (including phenoxy) is 1. The number of nitrogens with one attached hydrogen (secondary N) is 1. The summed E-state index contributed by atoms with van der Waals surface area (Å²) >= 11 is 5.92. The number of nitrogen functional groups attached to an aromatic ring is 1.